The standard InChI is InChI=1S/C24H26N2O6/c1-15(2)32-13-5-12-25-21(17-10-8-16(3)9-11-17)20(23(28)24(25)29)22(27)18-6-4-7-19(14-18)26(30)31/h4,6-11,14-15,21,27H,5,12-13H2,1-3H3/t21-/m1/s1. The molecule has 8 heteroatoms. The van der Waals surface area contributed by atoms with E-state index < -0.39 is 28.4 Å². The van der Waals surface area contributed by atoms with Crippen LogP contribution in [0.1, 0.15) is 43.0 Å². The highest BCUT2D eigenvalue weighted by molar-refractivity contribution is 6.46. The van der Waals surface area contributed by atoms with Crippen molar-refractivity contribution < 1.29 is 24.4 Å². The summed E-state index contributed by atoms with van der Waals surface area (Å²) in [5.41, 5.74) is 1.49. The normalized spacial score (nSPS) is 17.9. The zero-order valence-electron chi connectivity index (χ0n) is 18.3. The molecule has 0 radical (unpaired) electrons. The van der Waals surface area contributed by atoms with Gasteiger partial charge in [0.1, 0.15) is 5.76 Å². The van der Waals surface area contributed by atoms with Gasteiger partial charge < -0.3 is 14.7 Å². The van der Waals surface area contributed by atoms with E-state index in [-0.39, 0.29) is 29.5 Å². The van der Waals surface area contributed by atoms with Gasteiger partial charge in [0, 0.05) is 30.8 Å². The van der Waals surface area contributed by atoms with E-state index in [1.54, 1.807) is 0 Å². The summed E-state index contributed by atoms with van der Waals surface area (Å²) in [7, 11) is 0. The van der Waals surface area contributed by atoms with Crippen LogP contribution < -0.4 is 0 Å². The number of non-ortho nitro benzene ring substituents is 1. The second-order valence-electron chi connectivity index (χ2n) is 7.98. The van der Waals surface area contributed by atoms with Gasteiger partial charge in [-0.1, -0.05) is 42.0 Å². The highest BCUT2D eigenvalue weighted by Crippen LogP contribution is 2.39. The van der Waals surface area contributed by atoms with Crippen molar-refractivity contribution in [3.8, 4) is 0 Å². The molecule has 8 nitrogen and oxygen atoms in total. The molecular weight excluding hydrogens is 412 g/mol. The molecule has 0 saturated carbocycles. The Kier molecular flexibility index (Phi) is 7.05. The Balaban J connectivity index is 2.06. The van der Waals surface area contributed by atoms with Gasteiger partial charge in [0.05, 0.1) is 22.6 Å². The van der Waals surface area contributed by atoms with Crippen molar-refractivity contribution in [3.63, 3.8) is 0 Å². The van der Waals surface area contributed by atoms with Gasteiger partial charge in [-0.05, 0) is 32.8 Å². The maximum absolute atomic E-state index is 13.0. The summed E-state index contributed by atoms with van der Waals surface area (Å²) in [6.45, 7) is 6.44. The topological polar surface area (TPSA) is 110 Å². The third-order valence-electron chi connectivity index (χ3n) is 5.26. The number of rotatable bonds is 8. The molecule has 1 N–H and O–H groups in total. The summed E-state index contributed by atoms with van der Waals surface area (Å²) in [6.07, 6.45) is 0.567. The van der Waals surface area contributed by atoms with Gasteiger partial charge in [-0.15, -0.1) is 0 Å². The number of benzene rings is 2. The summed E-state index contributed by atoms with van der Waals surface area (Å²) < 4.78 is 5.55. The number of ether oxygens (including phenoxy) is 1. The second kappa shape index (κ2) is 9.74. The number of ketones is 1. The average molecular weight is 438 g/mol. The van der Waals surface area contributed by atoms with E-state index in [0.29, 0.717) is 18.6 Å². The summed E-state index contributed by atoms with van der Waals surface area (Å²) >= 11 is 0. The van der Waals surface area contributed by atoms with Crippen molar-refractivity contribution in [3.05, 3.63) is 80.9 Å². The molecule has 2 aromatic rings. The molecule has 1 amide bonds. The molecule has 1 aliphatic heterocycles. The van der Waals surface area contributed by atoms with E-state index in [4.69, 9.17) is 4.74 Å². The van der Waals surface area contributed by atoms with Gasteiger partial charge in [0.15, 0.2) is 0 Å². The van der Waals surface area contributed by atoms with E-state index in [1.165, 1.54) is 29.2 Å². The summed E-state index contributed by atoms with van der Waals surface area (Å²) in [5, 5.41) is 22.1. The van der Waals surface area contributed by atoms with Crippen molar-refractivity contribution in [2.24, 2.45) is 0 Å². The van der Waals surface area contributed by atoms with Crippen LogP contribution in [0.25, 0.3) is 5.76 Å². The lowest BCUT2D eigenvalue weighted by atomic mass is 9.94. The third-order valence-corrected chi connectivity index (χ3v) is 5.26. The highest BCUT2D eigenvalue weighted by Gasteiger charge is 2.45. The minimum atomic E-state index is -0.815. The number of Topliss-reactive ketones (excluding diaryl/α,β-unsaturated/α-hetero) is 1. The molecule has 3 rings (SSSR count). The van der Waals surface area contributed by atoms with Gasteiger partial charge in [0.2, 0.25) is 0 Å². The summed E-state index contributed by atoms with van der Waals surface area (Å²) in [5.74, 6) is -1.96. The number of aryl methyl sites for hydroxylation is 1. The Bertz CT molecular complexity index is 1060. The molecule has 1 heterocycles. The molecule has 0 unspecified atom stereocenters. The van der Waals surface area contributed by atoms with Gasteiger partial charge >= 0.3 is 0 Å². The Morgan fingerprint density at radius 2 is 1.88 bits per heavy atom. The molecule has 1 aliphatic rings. The number of hydrogen-bond donors (Lipinski definition) is 1. The molecule has 168 valence electrons. The maximum atomic E-state index is 13.0. The van der Waals surface area contributed by atoms with Crippen molar-refractivity contribution in [2.45, 2.75) is 39.3 Å². The number of amides is 1. The van der Waals surface area contributed by atoms with Crippen LogP contribution >= 0.6 is 0 Å². The minimum Gasteiger partial charge on any atom is -0.507 e. The van der Waals surface area contributed by atoms with Crippen LogP contribution in [0.5, 0.6) is 0 Å². The van der Waals surface area contributed by atoms with Crippen LogP contribution in [0.2, 0.25) is 0 Å². The lowest BCUT2D eigenvalue weighted by Gasteiger charge is -2.25. The number of carbonyl (C=O) groups is 2. The van der Waals surface area contributed by atoms with Crippen molar-refractivity contribution >= 4 is 23.1 Å². The maximum Gasteiger partial charge on any atom is 0.295 e. The fourth-order valence-corrected chi connectivity index (χ4v) is 3.68. The number of nitro groups is 1. The Morgan fingerprint density at radius 3 is 2.50 bits per heavy atom. The zero-order chi connectivity index (χ0) is 23.4. The van der Waals surface area contributed by atoms with Gasteiger partial charge in [-0.3, -0.25) is 19.7 Å². The number of nitrogens with zero attached hydrogens (tertiary/aromatic N) is 2. The van der Waals surface area contributed by atoms with Crippen LogP contribution in [-0.2, 0) is 14.3 Å². The van der Waals surface area contributed by atoms with E-state index in [2.05, 4.69) is 0 Å². The minimum absolute atomic E-state index is 0.0483. The van der Waals surface area contributed by atoms with E-state index in [1.807, 2.05) is 45.0 Å². The predicted octanol–water partition coefficient (Wildman–Crippen LogP) is 4.14. The number of aliphatic hydroxyl groups excluding tert-OH is 1. The Hall–Kier alpha value is -3.52. The summed E-state index contributed by atoms with van der Waals surface area (Å²) in [4.78, 5) is 37.8. The number of nitro benzene ring substituents is 1. The van der Waals surface area contributed by atoms with E-state index >= 15 is 0 Å². The monoisotopic (exact) mass is 438 g/mol. The fourth-order valence-electron chi connectivity index (χ4n) is 3.68. The van der Waals surface area contributed by atoms with Crippen molar-refractivity contribution in [1.29, 1.82) is 0 Å². The quantitative estimate of drug-likeness (QED) is 0.166. The SMILES string of the molecule is Cc1ccc([C@@H]2C(=C(O)c3cccc([N+](=O)[O-])c3)C(=O)C(=O)N2CCCOC(C)C)cc1. The third kappa shape index (κ3) is 4.86. The molecule has 0 aromatic heterocycles. The highest BCUT2D eigenvalue weighted by atomic mass is 16.6. The number of hydrogen-bond acceptors (Lipinski definition) is 6. The zero-order valence-corrected chi connectivity index (χ0v) is 18.3. The van der Waals surface area contributed by atoms with Crippen molar-refractivity contribution in [1.82, 2.24) is 4.90 Å². The van der Waals surface area contributed by atoms with Crippen LogP contribution in [0.3, 0.4) is 0 Å². The van der Waals surface area contributed by atoms with E-state index in [0.717, 1.165) is 5.56 Å². The molecule has 0 spiro atoms. The first kappa shape index (κ1) is 23.1. The molecule has 32 heavy (non-hydrogen) atoms. The van der Waals surface area contributed by atoms with Gasteiger partial charge in [0.25, 0.3) is 17.4 Å². The van der Waals surface area contributed by atoms with Crippen LogP contribution in [0, 0.1) is 17.0 Å². The molecular formula is C24H26N2O6. The molecule has 1 fully saturated rings. The molecule has 0 bridgehead atoms. The number of carbonyl (C=O) groups excluding carboxylic acids is 2. The molecule has 2 aromatic carbocycles. The van der Waals surface area contributed by atoms with Crippen LogP contribution in [0.4, 0.5) is 5.69 Å². The Morgan fingerprint density at radius 1 is 1.19 bits per heavy atom. The number of likely N-dealkylation sites (tertiary alicyclic amines) is 1. The molecule has 0 aliphatic carbocycles. The van der Waals surface area contributed by atoms with Crippen LogP contribution in [-0.4, -0.2) is 45.9 Å². The first-order chi connectivity index (χ1) is 15.2. The van der Waals surface area contributed by atoms with Gasteiger partial charge in [-0.2, -0.15) is 0 Å². The molecule has 1 atom stereocenters. The average Bonchev–Trinajstić information content (AvgIpc) is 3.01. The number of aliphatic hydroxyl groups is 1. The summed E-state index contributed by atoms with van der Waals surface area (Å²) in [6, 6.07) is 11.9. The Labute approximate surface area is 186 Å². The first-order valence-electron chi connectivity index (χ1n) is 10.4. The second-order valence-corrected chi connectivity index (χ2v) is 7.98. The molecule has 1 saturated heterocycles. The van der Waals surface area contributed by atoms with E-state index in [9.17, 15) is 24.8 Å². The van der Waals surface area contributed by atoms with Crippen LogP contribution in [0.15, 0.2) is 54.1 Å². The lowest BCUT2D eigenvalue weighted by Crippen LogP contribution is -2.31. The van der Waals surface area contributed by atoms with Gasteiger partial charge in [-0.25, -0.2) is 0 Å². The predicted molar refractivity (Wildman–Crippen MR) is 119 cm³/mol. The smallest absolute Gasteiger partial charge is 0.295 e. The largest absolute Gasteiger partial charge is 0.507 e. The fraction of sp³-hybridized carbons (Fsp3) is 0.333. The van der Waals surface area contributed by atoms with Crippen molar-refractivity contribution in [2.75, 3.05) is 13.2 Å². The lowest BCUT2D eigenvalue weighted by molar-refractivity contribution is -0.384. The first-order valence-corrected chi connectivity index (χ1v) is 10.4.